The lowest BCUT2D eigenvalue weighted by Crippen LogP contribution is -2.24. The average Bonchev–Trinajstić information content (AvgIpc) is 3.03. The van der Waals surface area contributed by atoms with Gasteiger partial charge in [-0.1, -0.05) is 12.1 Å². The number of benzene rings is 1. The van der Waals surface area contributed by atoms with E-state index in [-0.39, 0.29) is 5.82 Å². The van der Waals surface area contributed by atoms with Gasteiger partial charge in [0.25, 0.3) is 5.82 Å². The molecule has 0 fully saturated rings. The highest BCUT2D eigenvalue weighted by Crippen LogP contribution is 2.27. The molecule has 0 saturated carbocycles. The van der Waals surface area contributed by atoms with Crippen LogP contribution in [0.5, 0.6) is 0 Å². The van der Waals surface area contributed by atoms with Crippen molar-refractivity contribution in [3.8, 4) is 6.07 Å². The van der Waals surface area contributed by atoms with Crippen molar-refractivity contribution in [2.45, 2.75) is 32.2 Å². The van der Waals surface area contributed by atoms with E-state index in [4.69, 9.17) is 11.0 Å². The van der Waals surface area contributed by atoms with Gasteiger partial charge in [-0.25, -0.2) is 9.67 Å². The Bertz CT molecular complexity index is 754. The third-order valence-corrected chi connectivity index (χ3v) is 3.91. The summed E-state index contributed by atoms with van der Waals surface area (Å²) >= 11 is 0. The van der Waals surface area contributed by atoms with Crippen molar-refractivity contribution in [3.63, 3.8) is 0 Å². The van der Waals surface area contributed by atoms with Gasteiger partial charge in [0.1, 0.15) is 12.4 Å². The SMILES string of the molecule is N#Cc1ncn(CCN=C(N)Nc2cccc3c2CCCC3)n1. The van der Waals surface area contributed by atoms with Crippen molar-refractivity contribution < 1.29 is 0 Å². The van der Waals surface area contributed by atoms with E-state index < -0.39 is 0 Å². The van der Waals surface area contributed by atoms with Crippen LogP contribution in [0, 0.1) is 11.3 Å². The maximum atomic E-state index is 8.68. The Balaban J connectivity index is 1.60. The van der Waals surface area contributed by atoms with Crippen LogP contribution >= 0.6 is 0 Å². The van der Waals surface area contributed by atoms with Crippen molar-refractivity contribution >= 4 is 11.6 Å². The molecular weight excluding hydrogens is 290 g/mol. The molecule has 0 saturated heterocycles. The number of hydrogen-bond acceptors (Lipinski definition) is 4. The Morgan fingerprint density at radius 3 is 3.09 bits per heavy atom. The van der Waals surface area contributed by atoms with Gasteiger partial charge >= 0.3 is 0 Å². The zero-order valence-corrected chi connectivity index (χ0v) is 12.9. The molecule has 1 aliphatic rings. The second-order valence-electron chi connectivity index (χ2n) is 5.49. The summed E-state index contributed by atoms with van der Waals surface area (Å²) in [5.41, 5.74) is 9.78. The maximum Gasteiger partial charge on any atom is 0.252 e. The van der Waals surface area contributed by atoms with Gasteiger partial charge in [0.2, 0.25) is 0 Å². The average molecular weight is 309 g/mol. The third kappa shape index (κ3) is 3.66. The molecule has 118 valence electrons. The first-order chi connectivity index (χ1) is 11.3. The second-order valence-corrected chi connectivity index (χ2v) is 5.49. The zero-order chi connectivity index (χ0) is 16.1. The van der Waals surface area contributed by atoms with Gasteiger partial charge in [-0.3, -0.25) is 4.99 Å². The van der Waals surface area contributed by atoms with E-state index in [1.807, 2.05) is 12.1 Å². The van der Waals surface area contributed by atoms with Gasteiger partial charge < -0.3 is 11.1 Å². The van der Waals surface area contributed by atoms with E-state index in [0.29, 0.717) is 19.0 Å². The quantitative estimate of drug-likeness (QED) is 0.657. The molecule has 3 N–H and O–H groups in total. The topological polar surface area (TPSA) is 105 Å². The summed E-state index contributed by atoms with van der Waals surface area (Å²) < 4.78 is 1.58. The summed E-state index contributed by atoms with van der Waals surface area (Å²) in [6.45, 7) is 1.01. The molecule has 1 aliphatic carbocycles. The Labute approximate surface area is 134 Å². The summed E-state index contributed by atoms with van der Waals surface area (Å²) in [6.07, 6.45) is 6.21. The monoisotopic (exact) mass is 309 g/mol. The van der Waals surface area contributed by atoms with Gasteiger partial charge in [-0.2, -0.15) is 5.26 Å². The zero-order valence-electron chi connectivity index (χ0n) is 12.9. The summed E-state index contributed by atoms with van der Waals surface area (Å²) in [5.74, 6) is 0.556. The standard InChI is InChI=1S/C16H19N7/c17-10-15-20-11-23(22-15)9-8-19-16(18)21-14-7-3-5-12-4-1-2-6-13(12)14/h3,5,7,11H,1-2,4,6,8-9H2,(H3,18,19,21). The number of guanidine groups is 1. The van der Waals surface area contributed by atoms with Crippen LogP contribution in [0.3, 0.4) is 0 Å². The molecular formula is C16H19N7. The van der Waals surface area contributed by atoms with Crippen LogP contribution in [-0.4, -0.2) is 27.3 Å². The summed E-state index contributed by atoms with van der Waals surface area (Å²) in [5, 5.41) is 15.9. The van der Waals surface area contributed by atoms with Crippen LogP contribution < -0.4 is 11.1 Å². The fourth-order valence-electron chi connectivity index (χ4n) is 2.80. The smallest absolute Gasteiger partial charge is 0.252 e. The number of hydrogen-bond donors (Lipinski definition) is 2. The van der Waals surface area contributed by atoms with Crippen molar-refractivity contribution in [2.24, 2.45) is 10.7 Å². The van der Waals surface area contributed by atoms with Crippen LogP contribution in [0.15, 0.2) is 29.5 Å². The first kappa shape index (κ1) is 15.0. The number of fused-ring (bicyclic) bond motifs is 1. The molecule has 3 rings (SSSR count). The Morgan fingerprint density at radius 1 is 1.39 bits per heavy atom. The van der Waals surface area contributed by atoms with Crippen molar-refractivity contribution in [2.75, 3.05) is 11.9 Å². The van der Waals surface area contributed by atoms with Crippen LogP contribution in [0.4, 0.5) is 5.69 Å². The highest BCUT2D eigenvalue weighted by atomic mass is 15.3. The summed E-state index contributed by atoms with van der Waals surface area (Å²) in [6, 6.07) is 8.18. The van der Waals surface area contributed by atoms with Crippen LogP contribution in [0.2, 0.25) is 0 Å². The Hall–Kier alpha value is -2.88. The van der Waals surface area contributed by atoms with Gasteiger partial charge in [0.05, 0.1) is 13.1 Å². The van der Waals surface area contributed by atoms with Crippen LogP contribution in [-0.2, 0) is 19.4 Å². The molecule has 0 unspecified atom stereocenters. The lowest BCUT2D eigenvalue weighted by Gasteiger charge is -2.19. The maximum absolute atomic E-state index is 8.68. The molecule has 2 aromatic rings. The van der Waals surface area contributed by atoms with Crippen LogP contribution in [0.25, 0.3) is 0 Å². The van der Waals surface area contributed by atoms with Crippen molar-refractivity contribution in [1.29, 1.82) is 5.26 Å². The molecule has 0 radical (unpaired) electrons. The fraction of sp³-hybridized carbons (Fsp3) is 0.375. The van der Waals surface area contributed by atoms with Gasteiger partial charge in [0, 0.05) is 5.69 Å². The number of aromatic nitrogens is 3. The first-order valence-electron chi connectivity index (χ1n) is 7.73. The van der Waals surface area contributed by atoms with Gasteiger partial charge in [-0.15, -0.1) is 5.10 Å². The predicted octanol–water partition coefficient (Wildman–Crippen LogP) is 1.46. The predicted molar refractivity (Wildman–Crippen MR) is 87.9 cm³/mol. The van der Waals surface area contributed by atoms with E-state index in [0.717, 1.165) is 18.5 Å². The largest absolute Gasteiger partial charge is 0.370 e. The normalized spacial score (nSPS) is 14.1. The van der Waals surface area contributed by atoms with E-state index in [2.05, 4.69) is 32.5 Å². The van der Waals surface area contributed by atoms with E-state index in [9.17, 15) is 0 Å². The molecule has 1 aromatic heterocycles. The number of aliphatic imine (C=N–C) groups is 1. The number of anilines is 1. The van der Waals surface area contributed by atoms with Gasteiger partial charge in [0.15, 0.2) is 5.96 Å². The molecule has 7 heteroatoms. The van der Waals surface area contributed by atoms with Gasteiger partial charge in [-0.05, 0) is 42.9 Å². The Kier molecular flexibility index (Phi) is 4.52. The van der Waals surface area contributed by atoms with Crippen molar-refractivity contribution in [1.82, 2.24) is 14.8 Å². The molecule has 0 bridgehead atoms. The Morgan fingerprint density at radius 2 is 2.26 bits per heavy atom. The first-order valence-corrected chi connectivity index (χ1v) is 7.73. The number of nitrogens with zero attached hydrogens (tertiary/aromatic N) is 5. The number of nitrogens with two attached hydrogens (primary N) is 1. The number of aryl methyl sites for hydroxylation is 1. The van der Waals surface area contributed by atoms with E-state index >= 15 is 0 Å². The van der Waals surface area contributed by atoms with Crippen molar-refractivity contribution in [3.05, 3.63) is 41.5 Å². The lowest BCUT2D eigenvalue weighted by molar-refractivity contribution is 0.622. The molecule has 1 heterocycles. The minimum atomic E-state index is 0.163. The van der Waals surface area contributed by atoms with E-state index in [1.54, 1.807) is 4.68 Å². The minimum Gasteiger partial charge on any atom is -0.370 e. The molecule has 0 aliphatic heterocycles. The minimum absolute atomic E-state index is 0.163. The van der Waals surface area contributed by atoms with E-state index in [1.165, 1.54) is 30.3 Å². The highest BCUT2D eigenvalue weighted by Gasteiger charge is 2.13. The molecule has 0 spiro atoms. The molecule has 0 amide bonds. The number of nitrogens with one attached hydrogen (secondary N) is 1. The molecule has 23 heavy (non-hydrogen) atoms. The second kappa shape index (κ2) is 6.92. The fourth-order valence-corrected chi connectivity index (χ4v) is 2.80. The molecule has 1 aromatic carbocycles. The third-order valence-electron chi connectivity index (χ3n) is 3.91. The number of nitriles is 1. The number of rotatable bonds is 4. The summed E-state index contributed by atoms with van der Waals surface area (Å²) in [7, 11) is 0. The van der Waals surface area contributed by atoms with Crippen LogP contribution in [0.1, 0.15) is 29.8 Å². The molecule has 0 atom stereocenters. The highest BCUT2D eigenvalue weighted by molar-refractivity contribution is 5.93. The molecule has 7 nitrogen and oxygen atoms in total. The summed E-state index contributed by atoms with van der Waals surface area (Å²) in [4.78, 5) is 8.15. The lowest BCUT2D eigenvalue weighted by atomic mass is 9.90.